The fourth-order valence-electron chi connectivity index (χ4n) is 2.11. The van der Waals surface area contributed by atoms with Crippen LogP contribution in [0.3, 0.4) is 0 Å². The van der Waals surface area contributed by atoms with Gasteiger partial charge in [-0.2, -0.15) is 0 Å². The van der Waals surface area contributed by atoms with Crippen molar-refractivity contribution in [2.24, 2.45) is 5.92 Å². The van der Waals surface area contributed by atoms with Gasteiger partial charge < -0.3 is 10.6 Å². The van der Waals surface area contributed by atoms with Gasteiger partial charge in [-0.3, -0.25) is 4.79 Å². The summed E-state index contributed by atoms with van der Waals surface area (Å²) >= 11 is 9.34. The average Bonchev–Trinajstić information content (AvgIpc) is 2.86. The third-order valence-corrected chi connectivity index (χ3v) is 4.57. The van der Waals surface area contributed by atoms with Crippen molar-refractivity contribution in [3.8, 4) is 0 Å². The van der Waals surface area contributed by atoms with Crippen LogP contribution in [0.5, 0.6) is 0 Å². The number of rotatable bonds is 4. The van der Waals surface area contributed by atoms with Gasteiger partial charge in [0.25, 0.3) is 0 Å². The Hall–Kier alpha value is -0.580. The Kier molecular flexibility index (Phi) is 5.03. The number of nitrogens with one attached hydrogen (secondary N) is 2. The zero-order valence-electron chi connectivity index (χ0n) is 10.0. The first-order valence-electron chi connectivity index (χ1n) is 6.11. The maximum Gasteiger partial charge on any atom is 0.224 e. The van der Waals surface area contributed by atoms with E-state index < -0.39 is 0 Å². The lowest BCUT2D eigenvalue weighted by Crippen LogP contribution is -2.15. The number of anilines is 1. The molecule has 1 aliphatic heterocycles. The second-order valence-electron chi connectivity index (χ2n) is 4.55. The van der Waals surface area contributed by atoms with Gasteiger partial charge in [0.05, 0.1) is 15.2 Å². The Morgan fingerprint density at radius 2 is 2.39 bits per heavy atom. The van der Waals surface area contributed by atoms with E-state index in [9.17, 15) is 4.79 Å². The molecular weight excluding hydrogens is 316 g/mol. The lowest BCUT2D eigenvalue weighted by molar-refractivity contribution is -0.116. The fraction of sp³-hybridized carbons (Fsp3) is 0.462. The molecule has 2 rings (SSSR count). The standard InChI is InChI=1S/C13H16BrClN2O/c14-13-10(15)2-1-3-11(13)17-12(18)5-4-9-6-7-16-8-9/h1-3,9,16H,4-8H2,(H,17,18). The lowest BCUT2D eigenvalue weighted by atomic mass is 10.0. The van der Waals surface area contributed by atoms with Gasteiger partial charge in [-0.25, -0.2) is 0 Å². The van der Waals surface area contributed by atoms with Crippen LogP contribution in [0.25, 0.3) is 0 Å². The van der Waals surface area contributed by atoms with Crippen LogP contribution in [-0.2, 0) is 4.79 Å². The number of hydrogen-bond donors (Lipinski definition) is 2. The Bertz CT molecular complexity index is 433. The number of halogens is 2. The smallest absolute Gasteiger partial charge is 0.224 e. The summed E-state index contributed by atoms with van der Waals surface area (Å²) < 4.78 is 0.738. The minimum Gasteiger partial charge on any atom is -0.325 e. The van der Waals surface area contributed by atoms with Crippen LogP contribution >= 0.6 is 27.5 Å². The summed E-state index contributed by atoms with van der Waals surface area (Å²) in [5.41, 5.74) is 0.733. The van der Waals surface area contributed by atoms with Gasteiger partial charge in [0, 0.05) is 6.42 Å². The molecule has 1 fully saturated rings. The van der Waals surface area contributed by atoms with Gasteiger partial charge in [0.2, 0.25) is 5.91 Å². The van der Waals surface area contributed by atoms with Crippen molar-refractivity contribution < 1.29 is 4.79 Å². The highest BCUT2D eigenvalue weighted by molar-refractivity contribution is 9.10. The van der Waals surface area contributed by atoms with E-state index >= 15 is 0 Å². The molecule has 2 N–H and O–H groups in total. The topological polar surface area (TPSA) is 41.1 Å². The van der Waals surface area contributed by atoms with Gasteiger partial charge in [-0.1, -0.05) is 17.7 Å². The molecule has 0 aliphatic carbocycles. The predicted octanol–water partition coefficient (Wildman–Crippen LogP) is 3.43. The predicted molar refractivity (Wildman–Crippen MR) is 78.0 cm³/mol. The molecule has 3 nitrogen and oxygen atoms in total. The van der Waals surface area contributed by atoms with Crippen LogP contribution in [0.4, 0.5) is 5.69 Å². The average molecular weight is 332 g/mol. The number of carbonyl (C=O) groups is 1. The summed E-state index contributed by atoms with van der Waals surface area (Å²) in [6, 6.07) is 5.44. The summed E-state index contributed by atoms with van der Waals surface area (Å²) in [5.74, 6) is 0.684. The molecule has 1 amide bonds. The van der Waals surface area contributed by atoms with E-state index in [1.54, 1.807) is 6.07 Å². The van der Waals surface area contributed by atoms with Crippen molar-refractivity contribution in [2.45, 2.75) is 19.3 Å². The third kappa shape index (κ3) is 3.70. The van der Waals surface area contributed by atoms with Crippen molar-refractivity contribution in [1.29, 1.82) is 0 Å². The van der Waals surface area contributed by atoms with Crippen LogP contribution in [0.15, 0.2) is 22.7 Å². The third-order valence-electron chi connectivity index (χ3n) is 3.17. The van der Waals surface area contributed by atoms with Crippen LogP contribution in [0.2, 0.25) is 5.02 Å². The number of carbonyl (C=O) groups excluding carboxylic acids is 1. The van der Waals surface area contributed by atoms with Crippen molar-refractivity contribution in [3.63, 3.8) is 0 Å². The van der Waals surface area contributed by atoms with E-state index in [1.165, 1.54) is 6.42 Å². The minimum atomic E-state index is 0.0462. The van der Waals surface area contributed by atoms with Gasteiger partial charge in [0.15, 0.2) is 0 Å². The monoisotopic (exact) mass is 330 g/mol. The molecular formula is C13H16BrClN2O. The molecule has 1 heterocycles. The first kappa shape index (κ1) is 13.8. The molecule has 1 atom stereocenters. The van der Waals surface area contributed by atoms with Crippen LogP contribution in [0, 0.1) is 5.92 Å². The Morgan fingerprint density at radius 3 is 3.11 bits per heavy atom. The second-order valence-corrected chi connectivity index (χ2v) is 5.75. The molecule has 1 unspecified atom stereocenters. The molecule has 0 spiro atoms. The zero-order chi connectivity index (χ0) is 13.0. The Morgan fingerprint density at radius 1 is 1.56 bits per heavy atom. The van der Waals surface area contributed by atoms with Crippen LogP contribution in [-0.4, -0.2) is 19.0 Å². The normalized spacial score (nSPS) is 18.9. The number of amides is 1. The Labute approximate surface area is 120 Å². The van der Waals surface area contributed by atoms with E-state index in [0.29, 0.717) is 17.4 Å². The first-order valence-corrected chi connectivity index (χ1v) is 7.28. The Balaban J connectivity index is 1.84. The van der Waals surface area contributed by atoms with E-state index in [0.717, 1.165) is 29.7 Å². The molecule has 1 aromatic rings. The number of benzene rings is 1. The molecule has 98 valence electrons. The van der Waals surface area contributed by atoms with E-state index in [-0.39, 0.29) is 5.91 Å². The SMILES string of the molecule is O=C(CCC1CCNC1)Nc1cccc(Cl)c1Br. The summed E-state index contributed by atoms with van der Waals surface area (Å²) in [4.78, 5) is 11.8. The van der Waals surface area contributed by atoms with Crippen molar-refractivity contribution in [1.82, 2.24) is 5.32 Å². The maximum absolute atomic E-state index is 11.8. The van der Waals surface area contributed by atoms with E-state index in [4.69, 9.17) is 11.6 Å². The molecule has 5 heteroatoms. The highest BCUT2D eigenvalue weighted by Gasteiger charge is 2.16. The van der Waals surface area contributed by atoms with Gasteiger partial charge >= 0.3 is 0 Å². The molecule has 0 radical (unpaired) electrons. The first-order chi connectivity index (χ1) is 8.66. The second kappa shape index (κ2) is 6.55. The van der Waals surface area contributed by atoms with Crippen LogP contribution < -0.4 is 10.6 Å². The molecule has 0 aromatic heterocycles. The van der Waals surface area contributed by atoms with Gasteiger partial charge in [-0.05, 0) is 59.9 Å². The maximum atomic E-state index is 11.8. The molecule has 1 aromatic carbocycles. The molecule has 0 bridgehead atoms. The van der Waals surface area contributed by atoms with Crippen LogP contribution in [0.1, 0.15) is 19.3 Å². The van der Waals surface area contributed by atoms with Crippen molar-refractivity contribution in [2.75, 3.05) is 18.4 Å². The number of hydrogen-bond acceptors (Lipinski definition) is 2. The summed E-state index contributed by atoms with van der Waals surface area (Å²) in [6.45, 7) is 2.11. The minimum absolute atomic E-state index is 0.0462. The molecule has 1 aliphatic rings. The quantitative estimate of drug-likeness (QED) is 0.887. The zero-order valence-corrected chi connectivity index (χ0v) is 12.4. The van der Waals surface area contributed by atoms with Crippen molar-refractivity contribution >= 4 is 39.1 Å². The fourth-order valence-corrected chi connectivity index (χ4v) is 2.65. The van der Waals surface area contributed by atoms with Crippen molar-refractivity contribution in [3.05, 3.63) is 27.7 Å². The summed E-state index contributed by atoms with van der Waals surface area (Å²) in [7, 11) is 0. The van der Waals surface area contributed by atoms with E-state index in [2.05, 4.69) is 26.6 Å². The highest BCUT2D eigenvalue weighted by atomic mass is 79.9. The molecule has 1 saturated heterocycles. The summed E-state index contributed by atoms with van der Waals surface area (Å²) in [6.07, 6.45) is 2.68. The van der Waals surface area contributed by atoms with Gasteiger partial charge in [-0.15, -0.1) is 0 Å². The summed E-state index contributed by atoms with van der Waals surface area (Å²) in [5, 5.41) is 6.79. The van der Waals surface area contributed by atoms with E-state index in [1.807, 2.05) is 12.1 Å². The molecule has 18 heavy (non-hydrogen) atoms. The van der Waals surface area contributed by atoms with Gasteiger partial charge in [0.1, 0.15) is 0 Å². The lowest BCUT2D eigenvalue weighted by Gasteiger charge is -2.10. The molecule has 0 saturated carbocycles. The largest absolute Gasteiger partial charge is 0.325 e. The highest BCUT2D eigenvalue weighted by Crippen LogP contribution is 2.30.